The third-order valence-corrected chi connectivity index (χ3v) is 13.1. The molecule has 0 aliphatic carbocycles. The van der Waals surface area contributed by atoms with Crippen molar-refractivity contribution in [2.45, 2.75) is 69.6 Å². The van der Waals surface area contributed by atoms with Crippen molar-refractivity contribution in [3.8, 4) is 5.75 Å². The second-order valence-corrected chi connectivity index (χ2v) is 16.2. The summed E-state index contributed by atoms with van der Waals surface area (Å²) in [6.07, 6.45) is 1.75. The van der Waals surface area contributed by atoms with Crippen LogP contribution in [0.2, 0.25) is 0 Å². The molecule has 4 aliphatic heterocycles. The highest BCUT2D eigenvalue weighted by Crippen LogP contribution is 2.48. The minimum Gasteiger partial charge on any atom is -0.851 e. The summed E-state index contributed by atoms with van der Waals surface area (Å²) in [4.78, 5) is 4.83. The smallest absolute Gasteiger partial charge is 0.179 e. The van der Waals surface area contributed by atoms with E-state index in [1.54, 1.807) is 6.07 Å². The number of ether oxygens (including phenoxy) is 1. The largest absolute Gasteiger partial charge is 0.851 e. The Balaban J connectivity index is 1.27. The van der Waals surface area contributed by atoms with Crippen LogP contribution in [0.1, 0.15) is 67.7 Å². The predicted molar refractivity (Wildman–Crippen MR) is 183 cm³/mol. The lowest BCUT2D eigenvalue weighted by atomic mass is 9.69. The van der Waals surface area contributed by atoms with Crippen LogP contribution in [0.5, 0.6) is 5.75 Å². The lowest BCUT2D eigenvalue weighted by molar-refractivity contribution is -0.953. The Labute approximate surface area is 276 Å². The summed E-state index contributed by atoms with van der Waals surface area (Å²) in [5.74, 6) is -0.0394. The summed E-state index contributed by atoms with van der Waals surface area (Å²) < 4.78 is 35.4. The van der Waals surface area contributed by atoms with E-state index in [0.717, 1.165) is 36.2 Å². The second kappa shape index (κ2) is 13.3. The number of rotatable bonds is 11. The number of nitrogens with zero attached hydrogens (tertiary/aromatic N) is 3. The second-order valence-electron chi connectivity index (χ2n) is 14.3. The van der Waals surface area contributed by atoms with Crippen molar-refractivity contribution < 1.29 is 22.7 Å². The highest BCUT2D eigenvalue weighted by Gasteiger charge is 2.44. The van der Waals surface area contributed by atoms with Gasteiger partial charge in [-0.05, 0) is 64.8 Å². The number of quaternary nitrogens is 1. The first-order chi connectivity index (χ1) is 22.1. The fourth-order valence-electron chi connectivity index (χ4n) is 8.03. The zero-order valence-corrected chi connectivity index (χ0v) is 28.9. The van der Waals surface area contributed by atoms with Gasteiger partial charge in [0.15, 0.2) is 9.84 Å². The van der Waals surface area contributed by atoms with E-state index in [2.05, 4.69) is 36.1 Å². The molecule has 0 spiro atoms. The molecule has 0 radical (unpaired) electrons. The SMILES string of the molecule is CCCCC1(CC)CS(=O)(=O)c2ccc(N(C)C)cc2[C@@H](c2cccc(OCc3ccc(C[N+]45CCN(CC4)CC5)cc3)c2)[C@H]1[O-]. The number of anilines is 1. The Morgan fingerprint density at radius 3 is 2.30 bits per heavy atom. The van der Waals surface area contributed by atoms with Crippen LogP contribution in [0.15, 0.2) is 71.6 Å². The minimum atomic E-state index is -3.67. The van der Waals surface area contributed by atoms with Crippen LogP contribution in [0.25, 0.3) is 0 Å². The molecule has 4 heterocycles. The molecule has 3 aromatic carbocycles. The number of hydrogen-bond acceptors (Lipinski definition) is 6. The van der Waals surface area contributed by atoms with Gasteiger partial charge in [0.1, 0.15) is 18.9 Å². The molecular formula is C38H51N3O4S. The molecule has 1 unspecified atom stereocenters. The zero-order chi connectivity index (χ0) is 32.5. The highest BCUT2D eigenvalue weighted by molar-refractivity contribution is 7.91. The van der Waals surface area contributed by atoms with Crippen molar-refractivity contribution in [2.75, 3.05) is 64.0 Å². The first kappa shape index (κ1) is 33.0. The molecule has 0 aromatic heterocycles. The molecule has 46 heavy (non-hydrogen) atoms. The number of hydrogen-bond donors (Lipinski definition) is 0. The number of fused-ring (bicyclic) bond motifs is 4. The van der Waals surface area contributed by atoms with E-state index >= 15 is 0 Å². The normalized spacial score (nSPS) is 28.3. The third kappa shape index (κ3) is 6.59. The van der Waals surface area contributed by atoms with Crippen molar-refractivity contribution in [3.05, 3.63) is 89.0 Å². The van der Waals surface area contributed by atoms with E-state index in [1.807, 2.05) is 62.3 Å². The molecule has 4 aliphatic rings. The van der Waals surface area contributed by atoms with Crippen molar-refractivity contribution in [3.63, 3.8) is 0 Å². The van der Waals surface area contributed by atoms with Gasteiger partial charge in [-0.2, -0.15) is 0 Å². The molecule has 0 saturated carbocycles. The first-order valence-electron chi connectivity index (χ1n) is 17.1. The Morgan fingerprint density at radius 2 is 1.65 bits per heavy atom. The van der Waals surface area contributed by atoms with Crippen LogP contribution in [0.4, 0.5) is 5.69 Å². The molecule has 8 heteroatoms. The molecule has 7 nitrogen and oxygen atoms in total. The van der Waals surface area contributed by atoms with Gasteiger partial charge in [-0.3, -0.25) is 4.90 Å². The third-order valence-electron chi connectivity index (χ3n) is 11.1. The van der Waals surface area contributed by atoms with Crippen molar-refractivity contribution in [2.24, 2.45) is 5.41 Å². The van der Waals surface area contributed by atoms with Crippen molar-refractivity contribution in [1.29, 1.82) is 0 Å². The van der Waals surface area contributed by atoms with Gasteiger partial charge in [0, 0.05) is 45.0 Å². The maximum atomic E-state index is 14.8. The predicted octanol–water partition coefficient (Wildman–Crippen LogP) is 5.21. The Kier molecular flexibility index (Phi) is 9.55. The van der Waals surface area contributed by atoms with Gasteiger partial charge in [-0.15, -0.1) is 6.10 Å². The number of benzene rings is 3. The average molecular weight is 646 g/mol. The Morgan fingerprint density at radius 1 is 0.957 bits per heavy atom. The maximum Gasteiger partial charge on any atom is 0.179 e. The molecule has 2 bridgehead atoms. The summed E-state index contributed by atoms with van der Waals surface area (Å²) >= 11 is 0. The molecular weight excluding hydrogens is 595 g/mol. The van der Waals surface area contributed by atoms with Crippen LogP contribution in [-0.2, 0) is 23.0 Å². The molecule has 248 valence electrons. The Hall–Kier alpha value is -2.91. The molecule has 0 amide bonds. The van der Waals surface area contributed by atoms with Crippen LogP contribution < -0.4 is 14.7 Å². The fourth-order valence-corrected chi connectivity index (χ4v) is 10.3. The van der Waals surface area contributed by atoms with Crippen LogP contribution in [0, 0.1) is 5.41 Å². The van der Waals surface area contributed by atoms with Gasteiger partial charge >= 0.3 is 0 Å². The van der Waals surface area contributed by atoms with Crippen LogP contribution in [-0.4, -0.2) is 83.0 Å². The van der Waals surface area contributed by atoms with Crippen LogP contribution >= 0.6 is 0 Å². The van der Waals surface area contributed by atoms with Gasteiger partial charge in [0.2, 0.25) is 0 Å². The summed E-state index contributed by atoms with van der Waals surface area (Å²) in [7, 11) is 0.203. The lowest BCUT2D eigenvalue weighted by Gasteiger charge is -2.50. The van der Waals surface area contributed by atoms with Gasteiger partial charge < -0.3 is 19.2 Å². The molecule has 3 fully saturated rings. The molecule has 3 saturated heterocycles. The van der Waals surface area contributed by atoms with E-state index in [-0.39, 0.29) is 5.75 Å². The minimum absolute atomic E-state index is 0.111. The van der Waals surface area contributed by atoms with E-state index in [1.165, 1.54) is 49.3 Å². The number of sulfone groups is 1. The monoisotopic (exact) mass is 645 g/mol. The number of piperazine rings is 3. The van der Waals surface area contributed by atoms with Crippen LogP contribution in [0.3, 0.4) is 0 Å². The van der Waals surface area contributed by atoms with Crippen molar-refractivity contribution >= 4 is 15.5 Å². The zero-order valence-electron chi connectivity index (χ0n) is 28.1. The molecule has 7 rings (SSSR count). The lowest BCUT2D eigenvalue weighted by Crippen LogP contribution is -2.66. The van der Waals surface area contributed by atoms with E-state index in [9.17, 15) is 13.5 Å². The molecule has 3 aromatic rings. The summed E-state index contributed by atoms with van der Waals surface area (Å²) in [6, 6.07) is 22.1. The molecule has 0 N–H and O–H groups in total. The molecule has 3 atom stereocenters. The summed E-state index contributed by atoms with van der Waals surface area (Å²) in [6.45, 7) is 13.0. The number of unbranched alkanes of at least 4 members (excludes halogenated alkanes) is 1. The van der Waals surface area contributed by atoms with E-state index in [4.69, 9.17) is 4.74 Å². The standard InChI is InChI=1S/C38H51N3O4S/c1-5-7-17-38(6-2)28-46(43,44)35-16-15-32(39(3)4)25-34(35)36(37(38)42)31-9-8-10-33(24-31)45-27-30-13-11-29(12-14-30)26-41-21-18-40(19-22-41)20-23-41/h8-16,24-25,36-37H,5-7,17-23,26-28H2,1-4H3/t36-,37-,38?/m1/s1. The van der Waals surface area contributed by atoms with Gasteiger partial charge in [-0.1, -0.05) is 69.5 Å². The summed E-state index contributed by atoms with van der Waals surface area (Å²) in [5, 5.41) is 14.8. The topological polar surface area (TPSA) is 72.9 Å². The average Bonchev–Trinajstić information content (AvgIpc) is 3.14. The van der Waals surface area contributed by atoms with E-state index in [0.29, 0.717) is 35.7 Å². The first-order valence-corrected chi connectivity index (χ1v) is 18.8. The Bertz CT molecular complexity index is 1600. The maximum absolute atomic E-state index is 14.8. The quantitative estimate of drug-likeness (QED) is 0.267. The van der Waals surface area contributed by atoms with E-state index < -0.39 is 27.3 Å². The highest BCUT2D eigenvalue weighted by atomic mass is 32.2. The van der Waals surface area contributed by atoms with Gasteiger partial charge in [0.05, 0.1) is 30.3 Å². The van der Waals surface area contributed by atoms with Gasteiger partial charge in [-0.25, -0.2) is 8.42 Å². The van der Waals surface area contributed by atoms with Crippen molar-refractivity contribution in [1.82, 2.24) is 4.90 Å². The summed E-state index contributed by atoms with van der Waals surface area (Å²) in [5.41, 5.74) is 3.92. The fraction of sp³-hybridized carbons (Fsp3) is 0.526. The van der Waals surface area contributed by atoms with Gasteiger partial charge in [0.25, 0.3) is 0 Å².